The van der Waals surface area contributed by atoms with Crippen molar-refractivity contribution in [2.45, 2.75) is 0 Å². The maximum Gasteiger partial charge on any atom is 0.288 e. The lowest BCUT2D eigenvalue weighted by Crippen LogP contribution is -2.13. The Balaban J connectivity index is 2.30. The van der Waals surface area contributed by atoms with Crippen LogP contribution in [0.3, 0.4) is 0 Å². The normalized spacial score (nSPS) is 9.95. The molecule has 0 aliphatic rings. The van der Waals surface area contributed by atoms with Crippen molar-refractivity contribution in [1.82, 2.24) is 4.98 Å². The third kappa shape index (κ3) is 2.86. The molecule has 6 nitrogen and oxygen atoms in total. The maximum atomic E-state index is 12.0. The largest absolute Gasteiger partial charge is 0.321 e. The fourth-order valence-electron chi connectivity index (χ4n) is 1.47. The Morgan fingerprint density at radius 1 is 1.32 bits per heavy atom. The van der Waals surface area contributed by atoms with Gasteiger partial charge in [0.15, 0.2) is 0 Å². The van der Waals surface area contributed by atoms with Crippen LogP contribution in [0.5, 0.6) is 0 Å². The molecule has 1 N–H and O–H groups in total. The van der Waals surface area contributed by atoms with Gasteiger partial charge in [0.2, 0.25) is 0 Å². The molecule has 2 rings (SSSR count). The molecule has 1 heterocycles. The van der Waals surface area contributed by atoms with E-state index in [1.807, 2.05) is 0 Å². The molecule has 0 bridgehead atoms. The van der Waals surface area contributed by atoms with E-state index in [2.05, 4.69) is 10.3 Å². The van der Waals surface area contributed by atoms with E-state index in [9.17, 15) is 14.9 Å². The average Bonchev–Trinajstić information content (AvgIpc) is 2.39. The number of hydrogen-bond acceptors (Lipinski definition) is 4. The lowest BCUT2D eigenvalue weighted by molar-refractivity contribution is -0.384. The molecule has 96 valence electrons. The van der Waals surface area contributed by atoms with Gasteiger partial charge in [-0.1, -0.05) is 17.7 Å². The Kier molecular flexibility index (Phi) is 3.72. The lowest BCUT2D eigenvalue weighted by atomic mass is 10.2. The summed E-state index contributed by atoms with van der Waals surface area (Å²) in [7, 11) is 0. The number of carbonyl (C=O) groups is 1. The van der Waals surface area contributed by atoms with Crippen LogP contribution in [0.2, 0.25) is 5.02 Å². The average molecular weight is 278 g/mol. The number of carbonyl (C=O) groups excluding carboxylic acids is 1. The zero-order chi connectivity index (χ0) is 13.8. The van der Waals surface area contributed by atoms with Gasteiger partial charge in [-0.2, -0.15) is 0 Å². The van der Waals surface area contributed by atoms with Gasteiger partial charge in [-0.15, -0.1) is 0 Å². The molecule has 1 amide bonds. The molecule has 0 saturated carbocycles. The van der Waals surface area contributed by atoms with Gasteiger partial charge >= 0.3 is 0 Å². The Labute approximate surface area is 113 Å². The molecule has 0 spiro atoms. The molecule has 0 fully saturated rings. The number of aromatic nitrogens is 1. The summed E-state index contributed by atoms with van der Waals surface area (Å²) in [5.41, 5.74) is 0.218. The molecule has 19 heavy (non-hydrogen) atoms. The Morgan fingerprint density at radius 3 is 2.74 bits per heavy atom. The fourth-order valence-corrected chi connectivity index (χ4v) is 1.75. The smallest absolute Gasteiger partial charge is 0.288 e. The van der Waals surface area contributed by atoms with Crippen LogP contribution in [-0.2, 0) is 0 Å². The van der Waals surface area contributed by atoms with Gasteiger partial charge in [-0.3, -0.25) is 19.9 Å². The molecule has 0 unspecified atom stereocenters. The molecule has 0 atom stereocenters. The molecule has 1 aromatic carbocycles. The van der Waals surface area contributed by atoms with Crippen molar-refractivity contribution >= 4 is 28.9 Å². The number of nitro groups is 1. The minimum absolute atomic E-state index is 0.0414. The number of benzene rings is 1. The van der Waals surface area contributed by atoms with Gasteiger partial charge in [-0.25, -0.2) is 0 Å². The van der Waals surface area contributed by atoms with Crippen LogP contribution in [0.15, 0.2) is 42.7 Å². The van der Waals surface area contributed by atoms with E-state index in [-0.39, 0.29) is 16.3 Å². The lowest BCUT2D eigenvalue weighted by Gasteiger charge is -2.06. The van der Waals surface area contributed by atoms with E-state index in [1.54, 1.807) is 18.3 Å². The zero-order valence-corrected chi connectivity index (χ0v) is 10.3. The summed E-state index contributed by atoms with van der Waals surface area (Å²) in [5, 5.41) is 13.1. The quantitative estimate of drug-likeness (QED) is 0.690. The number of nitrogens with zero attached hydrogens (tertiary/aromatic N) is 2. The monoisotopic (exact) mass is 277 g/mol. The van der Waals surface area contributed by atoms with Crippen LogP contribution in [0, 0.1) is 10.1 Å². The van der Waals surface area contributed by atoms with Crippen LogP contribution >= 0.6 is 11.6 Å². The second-order valence-electron chi connectivity index (χ2n) is 3.59. The van der Waals surface area contributed by atoms with Crippen molar-refractivity contribution in [3.05, 3.63) is 63.4 Å². The molecule has 7 heteroatoms. The first kappa shape index (κ1) is 13.0. The number of rotatable bonds is 3. The third-order valence-electron chi connectivity index (χ3n) is 2.34. The summed E-state index contributed by atoms with van der Waals surface area (Å²) in [6, 6.07) is 7.37. The number of nitro benzene ring substituents is 1. The SMILES string of the molecule is O=C(Nc1cccnc1)c1cccc([N+](=O)[O-])c1Cl. The number of hydrogen-bond donors (Lipinski definition) is 1. The van der Waals surface area contributed by atoms with Gasteiger partial charge in [0.25, 0.3) is 11.6 Å². The topological polar surface area (TPSA) is 85.1 Å². The molecule has 2 aromatic rings. The Bertz CT molecular complexity index is 631. The number of halogens is 1. The Morgan fingerprint density at radius 2 is 2.11 bits per heavy atom. The van der Waals surface area contributed by atoms with E-state index in [0.717, 1.165) is 0 Å². The highest BCUT2D eigenvalue weighted by Crippen LogP contribution is 2.28. The summed E-state index contributed by atoms with van der Waals surface area (Å²) >= 11 is 5.85. The first-order chi connectivity index (χ1) is 9.09. The van der Waals surface area contributed by atoms with Crippen molar-refractivity contribution in [3.8, 4) is 0 Å². The van der Waals surface area contributed by atoms with Crippen molar-refractivity contribution < 1.29 is 9.72 Å². The summed E-state index contributed by atoms with van der Waals surface area (Å²) in [6.45, 7) is 0. The molecule has 1 aromatic heterocycles. The van der Waals surface area contributed by atoms with Crippen molar-refractivity contribution in [1.29, 1.82) is 0 Å². The second kappa shape index (κ2) is 5.45. The number of amides is 1. The molecule has 0 aliphatic heterocycles. The van der Waals surface area contributed by atoms with Gasteiger partial charge in [0, 0.05) is 12.3 Å². The molecule has 0 radical (unpaired) electrons. The van der Waals surface area contributed by atoms with Crippen LogP contribution < -0.4 is 5.32 Å². The Hall–Kier alpha value is -2.47. The third-order valence-corrected chi connectivity index (χ3v) is 2.74. The first-order valence-electron chi connectivity index (χ1n) is 5.24. The standard InChI is InChI=1S/C12H8ClN3O3/c13-11-9(4-1-5-10(11)16(18)19)12(17)15-8-3-2-6-14-7-8/h1-7H,(H,15,17). The minimum atomic E-state index is -0.636. The predicted molar refractivity (Wildman–Crippen MR) is 70.3 cm³/mol. The zero-order valence-electron chi connectivity index (χ0n) is 9.54. The van der Waals surface area contributed by atoms with E-state index in [1.165, 1.54) is 24.4 Å². The number of nitrogens with one attached hydrogen (secondary N) is 1. The predicted octanol–water partition coefficient (Wildman–Crippen LogP) is 2.90. The number of anilines is 1. The van der Waals surface area contributed by atoms with Crippen LogP contribution in [0.4, 0.5) is 11.4 Å². The summed E-state index contributed by atoms with van der Waals surface area (Å²) in [4.78, 5) is 25.9. The van der Waals surface area contributed by atoms with Crippen molar-refractivity contribution in [2.75, 3.05) is 5.32 Å². The highest BCUT2D eigenvalue weighted by Gasteiger charge is 2.19. The van der Waals surface area contributed by atoms with Gasteiger partial charge in [0.1, 0.15) is 5.02 Å². The highest BCUT2D eigenvalue weighted by molar-refractivity contribution is 6.36. The molecular formula is C12H8ClN3O3. The van der Waals surface area contributed by atoms with Crippen LogP contribution in [-0.4, -0.2) is 15.8 Å². The van der Waals surface area contributed by atoms with Gasteiger partial charge < -0.3 is 5.32 Å². The van der Waals surface area contributed by atoms with Crippen LogP contribution in [0.25, 0.3) is 0 Å². The van der Waals surface area contributed by atoms with Crippen molar-refractivity contribution in [3.63, 3.8) is 0 Å². The summed E-state index contributed by atoms with van der Waals surface area (Å²) < 4.78 is 0. The second-order valence-corrected chi connectivity index (χ2v) is 3.97. The summed E-state index contributed by atoms with van der Waals surface area (Å²) in [6.07, 6.45) is 3.03. The molecular weight excluding hydrogens is 270 g/mol. The van der Waals surface area contributed by atoms with E-state index >= 15 is 0 Å². The fraction of sp³-hybridized carbons (Fsp3) is 0. The van der Waals surface area contributed by atoms with Crippen LogP contribution in [0.1, 0.15) is 10.4 Å². The first-order valence-corrected chi connectivity index (χ1v) is 5.61. The van der Waals surface area contributed by atoms with E-state index in [0.29, 0.717) is 5.69 Å². The van der Waals surface area contributed by atoms with E-state index < -0.39 is 10.8 Å². The van der Waals surface area contributed by atoms with Crippen molar-refractivity contribution in [2.24, 2.45) is 0 Å². The van der Waals surface area contributed by atoms with Gasteiger partial charge in [-0.05, 0) is 18.2 Å². The van der Waals surface area contributed by atoms with E-state index in [4.69, 9.17) is 11.6 Å². The highest BCUT2D eigenvalue weighted by atomic mass is 35.5. The number of pyridine rings is 1. The maximum absolute atomic E-state index is 12.0. The minimum Gasteiger partial charge on any atom is -0.321 e. The molecule has 0 saturated heterocycles. The summed E-state index contributed by atoms with van der Waals surface area (Å²) in [5.74, 6) is -0.526. The van der Waals surface area contributed by atoms with Gasteiger partial charge in [0.05, 0.1) is 22.4 Å². The molecule has 0 aliphatic carbocycles.